The first-order valence-electron chi connectivity index (χ1n) is 7.11. The molecular formula is C15H19N5O2. The molecule has 7 nitrogen and oxygen atoms in total. The van der Waals surface area contributed by atoms with E-state index >= 15 is 0 Å². The van der Waals surface area contributed by atoms with Gasteiger partial charge in [-0.15, -0.1) is 0 Å². The van der Waals surface area contributed by atoms with E-state index in [0.29, 0.717) is 0 Å². The Labute approximate surface area is 129 Å². The van der Waals surface area contributed by atoms with Crippen molar-refractivity contribution in [1.82, 2.24) is 9.97 Å². The first-order valence-corrected chi connectivity index (χ1v) is 7.11. The predicted octanol–water partition coefficient (Wildman–Crippen LogP) is 3.65. The van der Waals surface area contributed by atoms with Gasteiger partial charge in [-0.1, -0.05) is 24.6 Å². The predicted molar refractivity (Wildman–Crippen MR) is 86.5 cm³/mol. The molecule has 2 rings (SSSR count). The molecule has 0 aliphatic heterocycles. The topological polar surface area (TPSA) is 93.0 Å². The third-order valence-electron chi connectivity index (χ3n) is 3.31. The summed E-state index contributed by atoms with van der Waals surface area (Å²) >= 11 is 0. The van der Waals surface area contributed by atoms with Crippen molar-refractivity contribution >= 4 is 23.0 Å². The lowest BCUT2D eigenvalue weighted by Crippen LogP contribution is -2.16. The van der Waals surface area contributed by atoms with Gasteiger partial charge in [0.1, 0.15) is 6.33 Å². The number of nitrogens with one attached hydrogen (secondary N) is 2. The van der Waals surface area contributed by atoms with Gasteiger partial charge in [-0.2, -0.15) is 0 Å². The number of nitro groups is 1. The second kappa shape index (κ2) is 6.84. The van der Waals surface area contributed by atoms with Crippen LogP contribution in [0.15, 0.2) is 30.6 Å². The van der Waals surface area contributed by atoms with Crippen molar-refractivity contribution in [1.29, 1.82) is 0 Å². The summed E-state index contributed by atoms with van der Waals surface area (Å²) in [5.41, 5.74) is 1.70. The summed E-state index contributed by atoms with van der Waals surface area (Å²) in [7, 11) is 0. The summed E-state index contributed by atoms with van der Waals surface area (Å²) < 4.78 is 0. The van der Waals surface area contributed by atoms with Gasteiger partial charge in [-0.05, 0) is 32.4 Å². The highest BCUT2D eigenvalue weighted by atomic mass is 16.6. The molecule has 0 aliphatic rings. The Bertz CT molecular complexity index is 657. The molecule has 2 aromatic rings. The summed E-state index contributed by atoms with van der Waals surface area (Å²) in [6.07, 6.45) is 2.15. The fourth-order valence-electron chi connectivity index (χ4n) is 1.86. The molecule has 0 fully saturated rings. The third-order valence-corrected chi connectivity index (χ3v) is 3.31. The number of hydrogen-bond donors (Lipinski definition) is 2. The van der Waals surface area contributed by atoms with Crippen molar-refractivity contribution in [3.63, 3.8) is 0 Å². The molecule has 0 spiro atoms. The minimum atomic E-state index is -0.471. The molecule has 1 unspecified atom stereocenters. The van der Waals surface area contributed by atoms with Gasteiger partial charge in [-0.3, -0.25) is 10.1 Å². The van der Waals surface area contributed by atoms with E-state index in [1.807, 2.05) is 45.0 Å². The molecular weight excluding hydrogens is 282 g/mol. The third kappa shape index (κ3) is 3.69. The Balaban J connectivity index is 2.36. The van der Waals surface area contributed by atoms with E-state index < -0.39 is 4.92 Å². The number of hydrogen-bond acceptors (Lipinski definition) is 6. The van der Waals surface area contributed by atoms with Crippen LogP contribution in [0.2, 0.25) is 0 Å². The second-order valence-electron chi connectivity index (χ2n) is 5.12. The van der Waals surface area contributed by atoms with E-state index in [4.69, 9.17) is 0 Å². The summed E-state index contributed by atoms with van der Waals surface area (Å²) in [6, 6.07) is 7.63. The van der Waals surface area contributed by atoms with E-state index in [9.17, 15) is 10.1 Å². The molecule has 1 atom stereocenters. The van der Waals surface area contributed by atoms with E-state index in [1.54, 1.807) is 0 Å². The number of benzene rings is 1. The fraction of sp³-hybridized carbons (Fsp3) is 0.333. The maximum Gasteiger partial charge on any atom is 0.353 e. The molecule has 0 radical (unpaired) electrons. The molecule has 0 saturated heterocycles. The lowest BCUT2D eigenvalue weighted by atomic mass is 10.2. The SMILES string of the molecule is CCC(C)Nc1ncnc(Nc2ccc(C)cc2)c1[N+](=O)[O-]. The minimum Gasteiger partial charge on any atom is -0.362 e. The van der Waals surface area contributed by atoms with Crippen LogP contribution in [0.4, 0.5) is 23.0 Å². The quantitative estimate of drug-likeness (QED) is 0.625. The normalized spacial score (nSPS) is 11.8. The first-order chi connectivity index (χ1) is 10.5. The largest absolute Gasteiger partial charge is 0.362 e. The van der Waals surface area contributed by atoms with Crippen LogP contribution in [-0.4, -0.2) is 20.9 Å². The first kappa shape index (κ1) is 15.7. The highest BCUT2D eigenvalue weighted by Crippen LogP contribution is 2.31. The molecule has 7 heteroatoms. The van der Waals surface area contributed by atoms with Crippen LogP contribution in [0.5, 0.6) is 0 Å². The van der Waals surface area contributed by atoms with Gasteiger partial charge >= 0.3 is 5.69 Å². The van der Waals surface area contributed by atoms with Crippen LogP contribution in [0, 0.1) is 17.0 Å². The van der Waals surface area contributed by atoms with Crippen molar-refractivity contribution < 1.29 is 4.92 Å². The average molecular weight is 301 g/mol. The van der Waals surface area contributed by atoms with Crippen LogP contribution >= 0.6 is 0 Å². The van der Waals surface area contributed by atoms with E-state index in [-0.39, 0.29) is 23.4 Å². The Kier molecular flexibility index (Phi) is 4.88. The van der Waals surface area contributed by atoms with Crippen molar-refractivity contribution in [3.8, 4) is 0 Å². The zero-order valence-electron chi connectivity index (χ0n) is 12.8. The molecule has 0 bridgehead atoms. The van der Waals surface area contributed by atoms with Crippen molar-refractivity contribution in [2.24, 2.45) is 0 Å². The van der Waals surface area contributed by atoms with Gasteiger partial charge < -0.3 is 10.6 Å². The molecule has 1 aromatic carbocycles. The summed E-state index contributed by atoms with van der Waals surface area (Å²) in [4.78, 5) is 18.9. The summed E-state index contributed by atoms with van der Waals surface area (Å²) in [6.45, 7) is 5.92. The van der Waals surface area contributed by atoms with E-state index in [1.165, 1.54) is 6.33 Å². The monoisotopic (exact) mass is 301 g/mol. The number of rotatable bonds is 6. The van der Waals surface area contributed by atoms with Crippen LogP contribution in [0.1, 0.15) is 25.8 Å². The molecule has 2 N–H and O–H groups in total. The maximum atomic E-state index is 11.4. The Morgan fingerprint density at radius 3 is 2.45 bits per heavy atom. The molecule has 0 saturated carbocycles. The minimum absolute atomic E-state index is 0.0841. The van der Waals surface area contributed by atoms with Gasteiger partial charge in [0.2, 0.25) is 11.6 Å². The Morgan fingerprint density at radius 1 is 1.23 bits per heavy atom. The smallest absolute Gasteiger partial charge is 0.353 e. The van der Waals surface area contributed by atoms with Crippen molar-refractivity contribution in [2.45, 2.75) is 33.2 Å². The van der Waals surface area contributed by atoms with Crippen LogP contribution in [-0.2, 0) is 0 Å². The zero-order chi connectivity index (χ0) is 16.1. The lowest BCUT2D eigenvalue weighted by molar-refractivity contribution is -0.383. The number of aryl methyl sites for hydroxylation is 1. The van der Waals surface area contributed by atoms with E-state index in [2.05, 4.69) is 20.6 Å². The van der Waals surface area contributed by atoms with Gasteiger partial charge in [0, 0.05) is 11.7 Å². The summed E-state index contributed by atoms with van der Waals surface area (Å²) in [5, 5.41) is 17.4. The standard InChI is InChI=1S/C15H19N5O2/c1-4-11(3)18-14-13(20(21)22)15(17-9-16-14)19-12-7-5-10(2)6-8-12/h5-9,11H,4H2,1-3H3,(H2,16,17,18,19). The van der Waals surface area contributed by atoms with Gasteiger partial charge in [0.15, 0.2) is 0 Å². The summed E-state index contributed by atoms with van der Waals surface area (Å²) in [5.74, 6) is 0.401. The number of anilines is 3. The van der Waals surface area contributed by atoms with Crippen LogP contribution < -0.4 is 10.6 Å². The van der Waals surface area contributed by atoms with E-state index in [0.717, 1.165) is 17.7 Å². The number of aromatic nitrogens is 2. The highest BCUT2D eigenvalue weighted by Gasteiger charge is 2.23. The van der Waals surface area contributed by atoms with Crippen LogP contribution in [0.3, 0.4) is 0 Å². The Hall–Kier alpha value is -2.70. The van der Waals surface area contributed by atoms with Gasteiger partial charge in [0.25, 0.3) is 0 Å². The molecule has 1 heterocycles. The van der Waals surface area contributed by atoms with Crippen molar-refractivity contribution in [3.05, 3.63) is 46.3 Å². The van der Waals surface area contributed by atoms with Crippen LogP contribution in [0.25, 0.3) is 0 Å². The Morgan fingerprint density at radius 2 is 1.86 bits per heavy atom. The molecule has 0 aliphatic carbocycles. The maximum absolute atomic E-state index is 11.4. The second-order valence-corrected chi connectivity index (χ2v) is 5.12. The molecule has 116 valence electrons. The van der Waals surface area contributed by atoms with Gasteiger partial charge in [-0.25, -0.2) is 9.97 Å². The van der Waals surface area contributed by atoms with Gasteiger partial charge in [0.05, 0.1) is 4.92 Å². The zero-order valence-corrected chi connectivity index (χ0v) is 12.8. The lowest BCUT2D eigenvalue weighted by Gasteiger charge is -2.13. The fourth-order valence-corrected chi connectivity index (χ4v) is 1.86. The molecule has 0 amide bonds. The number of nitrogens with zero attached hydrogens (tertiary/aromatic N) is 3. The highest BCUT2D eigenvalue weighted by molar-refractivity contribution is 5.73. The molecule has 1 aromatic heterocycles. The molecule has 22 heavy (non-hydrogen) atoms. The van der Waals surface area contributed by atoms with Crippen molar-refractivity contribution in [2.75, 3.05) is 10.6 Å². The average Bonchev–Trinajstić information content (AvgIpc) is 2.49.